The quantitative estimate of drug-likeness (QED) is 0.524. The van der Waals surface area contributed by atoms with Crippen molar-refractivity contribution in [2.24, 2.45) is 11.8 Å². The molecule has 0 aromatic carbocycles. The van der Waals surface area contributed by atoms with Crippen LogP contribution in [0.25, 0.3) is 0 Å². The predicted octanol–water partition coefficient (Wildman–Crippen LogP) is 4.02. The molecule has 66 valence electrons. The maximum absolute atomic E-state index is 2.34. The Kier molecular flexibility index (Phi) is 6.30. The molecule has 0 radical (unpaired) electrons. The Hall–Kier alpha value is -0.260. The second-order valence-electron chi connectivity index (χ2n) is 3.78. The summed E-state index contributed by atoms with van der Waals surface area (Å²) in [4.78, 5) is 0. The summed E-state index contributed by atoms with van der Waals surface area (Å²) in [5, 5.41) is 0. The van der Waals surface area contributed by atoms with Gasteiger partial charge in [0.05, 0.1) is 0 Å². The van der Waals surface area contributed by atoms with E-state index in [4.69, 9.17) is 0 Å². The van der Waals surface area contributed by atoms with Crippen molar-refractivity contribution in [1.29, 1.82) is 0 Å². The van der Waals surface area contributed by atoms with E-state index in [0.29, 0.717) is 0 Å². The lowest BCUT2D eigenvalue weighted by atomic mass is 10.1. The van der Waals surface area contributed by atoms with Crippen LogP contribution in [0.1, 0.15) is 47.0 Å². The van der Waals surface area contributed by atoms with Gasteiger partial charge in [0, 0.05) is 0 Å². The Labute approximate surface area is 71.7 Å². The minimum atomic E-state index is 0.766. The van der Waals surface area contributed by atoms with Crippen LogP contribution in [-0.4, -0.2) is 0 Å². The van der Waals surface area contributed by atoms with Crippen LogP contribution in [-0.2, 0) is 0 Å². The average molecular weight is 154 g/mol. The van der Waals surface area contributed by atoms with Crippen LogP contribution < -0.4 is 0 Å². The van der Waals surface area contributed by atoms with Crippen LogP contribution in [0, 0.1) is 11.8 Å². The van der Waals surface area contributed by atoms with Crippen LogP contribution in [0.2, 0.25) is 0 Å². The molecule has 1 atom stereocenters. The number of allylic oxidation sites excluding steroid dienone is 2. The van der Waals surface area contributed by atoms with Gasteiger partial charge >= 0.3 is 0 Å². The lowest BCUT2D eigenvalue weighted by molar-refractivity contribution is 0.591. The topological polar surface area (TPSA) is 0 Å². The van der Waals surface area contributed by atoms with Gasteiger partial charge in [0.15, 0.2) is 0 Å². The second kappa shape index (κ2) is 6.45. The van der Waals surface area contributed by atoms with Crippen molar-refractivity contribution in [1.82, 2.24) is 0 Å². The largest absolute Gasteiger partial charge is 0.0883 e. The third-order valence-corrected chi connectivity index (χ3v) is 2.02. The average Bonchev–Trinajstić information content (AvgIpc) is 1.97. The van der Waals surface area contributed by atoms with Crippen LogP contribution in [0.4, 0.5) is 0 Å². The molecule has 0 aliphatic carbocycles. The van der Waals surface area contributed by atoms with Crippen molar-refractivity contribution >= 4 is 0 Å². The van der Waals surface area contributed by atoms with Crippen LogP contribution in [0.3, 0.4) is 0 Å². The van der Waals surface area contributed by atoms with E-state index in [1.807, 2.05) is 0 Å². The van der Waals surface area contributed by atoms with Crippen LogP contribution in [0.5, 0.6) is 0 Å². The Morgan fingerprint density at radius 2 is 1.82 bits per heavy atom. The fourth-order valence-corrected chi connectivity index (χ4v) is 0.894. The summed E-state index contributed by atoms with van der Waals surface area (Å²) in [7, 11) is 0. The van der Waals surface area contributed by atoms with E-state index in [0.717, 1.165) is 11.8 Å². The van der Waals surface area contributed by atoms with Gasteiger partial charge in [-0.25, -0.2) is 0 Å². The van der Waals surface area contributed by atoms with E-state index in [1.165, 1.54) is 19.3 Å². The summed E-state index contributed by atoms with van der Waals surface area (Å²) in [5.74, 6) is 1.61. The van der Waals surface area contributed by atoms with Gasteiger partial charge in [0.2, 0.25) is 0 Å². The molecule has 0 heteroatoms. The first kappa shape index (κ1) is 10.7. The van der Waals surface area contributed by atoms with Crippen LogP contribution >= 0.6 is 0 Å². The minimum Gasteiger partial charge on any atom is -0.0883 e. The van der Waals surface area contributed by atoms with Crippen molar-refractivity contribution in [2.75, 3.05) is 0 Å². The molecule has 0 amide bonds. The van der Waals surface area contributed by atoms with Crippen molar-refractivity contribution in [2.45, 2.75) is 47.0 Å². The predicted molar refractivity (Wildman–Crippen MR) is 52.7 cm³/mol. The molecule has 0 spiro atoms. The highest BCUT2D eigenvalue weighted by atomic mass is 14.0. The molecular formula is C11H22. The van der Waals surface area contributed by atoms with Gasteiger partial charge in [-0.1, -0.05) is 46.3 Å². The first-order valence-corrected chi connectivity index (χ1v) is 4.83. The molecule has 0 aromatic heterocycles. The zero-order valence-electron chi connectivity index (χ0n) is 8.43. The van der Waals surface area contributed by atoms with E-state index in [2.05, 4.69) is 39.8 Å². The van der Waals surface area contributed by atoms with Gasteiger partial charge in [-0.2, -0.15) is 0 Å². The summed E-state index contributed by atoms with van der Waals surface area (Å²) in [6, 6.07) is 0. The summed E-state index contributed by atoms with van der Waals surface area (Å²) >= 11 is 0. The smallest absolute Gasteiger partial charge is 0.0265 e. The fourth-order valence-electron chi connectivity index (χ4n) is 0.894. The Morgan fingerprint density at radius 3 is 2.27 bits per heavy atom. The highest BCUT2D eigenvalue weighted by molar-refractivity contribution is 4.85. The van der Waals surface area contributed by atoms with Gasteiger partial charge in [-0.3, -0.25) is 0 Å². The third kappa shape index (κ3) is 7.64. The molecule has 0 rings (SSSR count). The van der Waals surface area contributed by atoms with Crippen molar-refractivity contribution < 1.29 is 0 Å². The Balaban J connectivity index is 3.29. The molecule has 11 heavy (non-hydrogen) atoms. The summed E-state index contributed by atoms with van der Waals surface area (Å²) in [6.45, 7) is 9.05. The molecule has 1 unspecified atom stereocenters. The number of hydrogen-bond donors (Lipinski definition) is 0. The lowest BCUT2D eigenvalue weighted by Crippen LogP contribution is -1.86. The third-order valence-electron chi connectivity index (χ3n) is 2.02. The molecule has 0 fully saturated rings. The van der Waals surface area contributed by atoms with E-state index in [1.54, 1.807) is 0 Å². The number of rotatable bonds is 5. The Morgan fingerprint density at radius 1 is 1.18 bits per heavy atom. The second-order valence-corrected chi connectivity index (χ2v) is 3.78. The van der Waals surface area contributed by atoms with Crippen molar-refractivity contribution in [3.63, 3.8) is 0 Å². The molecule has 0 saturated heterocycles. The molecule has 0 aliphatic heterocycles. The minimum absolute atomic E-state index is 0.766. The molecule has 0 saturated carbocycles. The van der Waals surface area contributed by atoms with E-state index in [9.17, 15) is 0 Å². The zero-order chi connectivity index (χ0) is 8.69. The molecule has 0 nitrogen and oxygen atoms in total. The van der Waals surface area contributed by atoms with Gasteiger partial charge < -0.3 is 0 Å². The maximum Gasteiger partial charge on any atom is -0.0265 e. The van der Waals surface area contributed by atoms with Crippen molar-refractivity contribution in [3.05, 3.63) is 12.2 Å². The first-order chi connectivity index (χ1) is 5.16. The normalized spacial score (nSPS) is 14.6. The molecular weight excluding hydrogens is 132 g/mol. The molecule has 0 N–H and O–H groups in total. The van der Waals surface area contributed by atoms with Crippen molar-refractivity contribution in [3.8, 4) is 0 Å². The molecule has 0 aliphatic rings. The standard InChI is InChI=1S/C11H22/c1-5-11(4)9-7-6-8-10(2)3/h7,9-11H,5-6,8H2,1-4H3/b9-7+. The SMILES string of the molecule is CCC(C)/C=C/CCC(C)C. The monoisotopic (exact) mass is 154 g/mol. The number of hydrogen-bond acceptors (Lipinski definition) is 0. The zero-order valence-corrected chi connectivity index (χ0v) is 8.43. The molecule has 0 heterocycles. The van der Waals surface area contributed by atoms with Gasteiger partial charge in [-0.05, 0) is 24.7 Å². The van der Waals surface area contributed by atoms with E-state index < -0.39 is 0 Å². The molecule has 0 bridgehead atoms. The van der Waals surface area contributed by atoms with Gasteiger partial charge in [-0.15, -0.1) is 0 Å². The highest BCUT2D eigenvalue weighted by Crippen LogP contribution is 2.07. The van der Waals surface area contributed by atoms with Gasteiger partial charge in [0.25, 0.3) is 0 Å². The highest BCUT2D eigenvalue weighted by Gasteiger charge is 1.92. The maximum atomic E-state index is 2.34. The van der Waals surface area contributed by atoms with E-state index in [-0.39, 0.29) is 0 Å². The lowest BCUT2D eigenvalue weighted by Gasteiger charge is -2.01. The van der Waals surface area contributed by atoms with E-state index >= 15 is 0 Å². The summed E-state index contributed by atoms with van der Waals surface area (Å²) in [5.41, 5.74) is 0. The Bertz CT molecular complexity index is 101. The summed E-state index contributed by atoms with van der Waals surface area (Å²) < 4.78 is 0. The first-order valence-electron chi connectivity index (χ1n) is 4.83. The summed E-state index contributed by atoms with van der Waals surface area (Å²) in [6.07, 6.45) is 8.50. The molecule has 0 aromatic rings. The van der Waals surface area contributed by atoms with Crippen LogP contribution in [0.15, 0.2) is 12.2 Å². The van der Waals surface area contributed by atoms with Gasteiger partial charge in [0.1, 0.15) is 0 Å². The fraction of sp³-hybridized carbons (Fsp3) is 0.818.